The summed E-state index contributed by atoms with van der Waals surface area (Å²) in [5.41, 5.74) is 7.67. The molecule has 0 saturated heterocycles. The molecule has 2 aromatic rings. The van der Waals surface area contributed by atoms with Crippen LogP contribution < -0.4 is 10.5 Å². The van der Waals surface area contributed by atoms with Gasteiger partial charge in [0.05, 0.1) is 5.56 Å². The number of amidine groups is 1. The van der Waals surface area contributed by atoms with Crippen molar-refractivity contribution >= 4 is 17.6 Å². The van der Waals surface area contributed by atoms with Crippen molar-refractivity contribution in [1.29, 1.82) is 5.41 Å². The van der Waals surface area contributed by atoms with Gasteiger partial charge in [0, 0.05) is 4.90 Å². The maximum Gasteiger partial charge on any atom is 0.139 e. The fourth-order valence-electron chi connectivity index (χ4n) is 2.06. The molecule has 0 saturated carbocycles. The first-order valence-corrected chi connectivity index (χ1v) is 8.01. The molecule has 0 atom stereocenters. The van der Waals surface area contributed by atoms with E-state index in [9.17, 15) is 0 Å². The van der Waals surface area contributed by atoms with Gasteiger partial charge in [-0.2, -0.15) is 0 Å². The summed E-state index contributed by atoms with van der Waals surface area (Å²) in [4.78, 5) is 0.979. The molecule has 0 heterocycles. The SMILES string of the molecule is CCSc1cccc(Oc2ccc(CC)cc2)c1C(=N)N. The van der Waals surface area contributed by atoms with Crippen LogP contribution in [-0.4, -0.2) is 11.6 Å². The second-order valence-electron chi connectivity index (χ2n) is 4.58. The predicted molar refractivity (Wildman–Crippen MR) is 89.8 cm³/mol. The van der Waals surface area contributed by atoms with Crippen molar-refractivity contribution in [3.05, 3.63) is 53.6 Å². The number of hydrogen-bond donors (Lipinski definition) is 2. The van der Waals surface area contributed by atoms with Gasteiger partial charge in [0.25, 0.3) is 0 Å². The molecule has 0 unspecified atom stereocenters. The van der Waals surface area contributed by atoms with Gasteiger partial charge in [0.2, 0.25) is 0 Å². The van der Waals surface area contributed by atoms with Crippen LogP contribution in [0.1, 0.15) is 25.0 Å². The minimum absolute atomic E-state index is 0.0340. The Morgan fingerprint density at radius 1 is 1.14 bits per heavy atom. The number of ether oxygens (including phenoxy) is 1. The van der Waals surface area contributed by atoms with Crippen molar-refractivity contribution in [2.24, 2.45) is 5.73 Å². The lowest BCUT2D eigenvalue weighted by atomic mass is 10.1. The van der Waals surface area contributed by atoms with Crippen LogP contribution in [0.2, 0.25) is 0 Å². The fraction of sp³-hybridized carbons (Fsp3) is 0.235. The van der Waals surface area contributed by atoms with Gasteiger partial charge in [0.1, 0.15) is 17.3 Å². The van der Waals surface area contributed by atoms with Crippen LogP contribution >= 0.6 is 11.8 Å². The second kappa shape index (κ2) is 7.18. The van der Waals surface area contributed by atoms with Crippen LogP contribution in [0.25, 0.3) is 0 Å². The highest BCUT2D eigenvalue weighted by Gasteiger charge is 2.13. The van der Waals surface area contributed by atoms with Crippen LogP contribution in [0.5, 0.6) is 11.5 Å². The van der Waals surface area contributed by atoms with Crippen molar-refractivity contribution in [3.63, 3.8) is 0 Å². The molecule has 3 N–H and O–H groups in total. The Kier molecular flexibility index (Phi) is 5.28. The highest BCUT2D eigenvalue weighted by molar-refractivity contribution is 7.99. The molecule has 2 aromatic carbocycles. The Labute approximate surface area is 130 Å². The maximum absolute atomic E-state index is 7.81. The number of thioether (sulfide) groups is 1. The highest BCUT2D eigenvalue weighted by Crippen LogP contribution is 2.32. The van der Waals surface area contributed by atoms with Gasteiger partial charge in [-0.1, -0.05) is 32.0 Å². The molecule has 0 aliphatic heterocycles. The third-order valence-electron chi connectivity index (χ3n) is 3.12. The van der Waals surface area contributed by atoms with Crippen molar-refractivity contribution in [2.75, 3.05) is 5.75 Å². The summed E-state index contributed by atoms with van der Waals surface area (Å²) in [6, 6.07) is 13.7. The summed E-state index contributed by atoms with van der Waals surface area (Å²) in [5.74, 6) is 2.35. The lowest BCUT2D eigenvalue weighted by molar-refractivity contribution is 0.480. The van der Waals surface area contributed by atoms with Gasteiger partial charge in [0.15, 0.2) is 0 Å². The van der Waals surface area contributed by atoms with E-state index in [4.69, 9.17) is 15.9 Å². The molecule has 110 valence electrons. The highest BCUT2D eigenvalue weighted by atomic mass is 32.2. The third-order valence-corrected chi connectivity index (χ3v) is 4.06. The molecule has 2 rings (SSSR count). The zero-order valence-corrected chi connectivity index (χ0v) is 13.2. The predicted octanol–water partition coefficient (Wildman–Crippen LogP) is 4.44. The Balaban J connectivity index is 2.33. The van der Waals surface area contributed by atoms with Gasteiger partial charge >= 0.3 is 0 Å². The largest absolute Gasteiger partial charge is 0.457 e. The molecule has 4 heteroatoms. The Morgan fingerprint density at radius 2 is 1.86 bits per heavy atom. The van der Waals surface area contributed by atoms with Gasteiger partial charge < -0.3 is 10.5 Å². The lowest BCUT2D eigenvalue weighted by Crippen LogP contribution is -2.13. The standard InChI is InChI=1S/C17H20N2OS/c1-3-12-8-10-13(11-9-12)20-14-6-5-7-15(21-4-2)16(14)17(18)19/h5-11H,3-4H2,1-2H3,(H3,18,19). The number of nitrogens with one attached hydrogen (secondary N) is 1. The van der Waals surface area contributed by atoms with E-state index in [2.05, 4.69) is 13.8 Å². The number of hydrogen-bond acceptors (Lipinski definition) is 3. The molecule has 0 aromatic heterocycles. The van der Waals surface area contributed by atoms with Crippen molar-refractivity contribution in [3.8, 4) is 11.5 Å². The van der Waals surface area contributed by atoms with Crippen LogP contribution in [0, 0.1) is 5.41 Å². The first kappa shape index (κ1) is 15.4. The molecule has 0 spiro atoms. The normalized spacial score (nSPS) is 10.4. The Morgan fingerprint density at radius 3 is 2.43 bits per heavy atom. The average Bonchev–Trinajstić information content (AvgIpc) is 2.48. The molecule has 0 amide bonds. The van der Waals surface area contributed by atoms with Crippen molar-refractivity contribution in [2.45, 2.75) is 25.2 Å². The zero-order chi connectivity index (χ0) is 15.2. The first-order valence-electron chi connectivity index (χ1n) is 7.02. The Hall–Kier alpha value is -1.94. The summed E-state index contributed by atoms with van der Waals surface area (Å²) >= 11 is 1.66. The van der Waals surface area contributed by atoms with E-state index < -0.39 is 0 Å². The smallest absolute Gasteiger partial charge is 0.139 e. The number of nitrogens with two attached hydrogens (primary N) is 1. The van der Waals surface area contributed by atoms with Crippen LogP contribution in [0.4, 0.5) is 0 Å². The number of nitrogen functional groups attached to an aromatic ring is 1. The summed E-state index contributed by atoms with van der Waals surface area (Å²) in [7, 11) is 0. The summed E-state index contributed by atoms with van der Waals surface area (Å²) in [5, 5.41) is 7.81. The monoisotopic (exact) mass is 300 g/mol. The molecular weight excluding hydrogens is 280 g/mol. The number of rotatable bonds is 6. The summed E-state index contributed by atoms with van der Waals surface area (Å²) in [6.45, 7) is 4.20. The Bertz CT molecular complexity index is 623. The molecule has 0 radical (unpaired) electrons. The van der Waals surface area contributed by atoms with Gasteiger partial charge in [-0.3, -0.25) is 5.41 Å². The lowest BCUT2D eigenvalue weighted by Gasteiger charge is -2.14. The quantitative estimate of drug-likeness (QED) is 0.471. The van der Waals surface area contributed by atoms with E-state index >= 15 is 0 Å². The number of benzene rings is 2. The minimum atomic E-state index is 0.0340. The molecule has 0 aliphatic carbocycles. The van der Waals surface area contributed by atoms with E-state index in [0.29, 0.717) is 11.3 Å². The van der Waals surface area contributed by atoms with E-state index in [1.54, 1.807) is 11.8 Å². The van der Waals surface area contributed by atoms with Gasteiger partial charge in [-0.05, 0) is 42.0 Å². The van der Waals surface area contributed by atoms with Crippen LogP contribution in [-0.2, 0) is 6.42 Å². The molecule has 0 bridgehead atoms. The molecular formula is C17H20N2OS. The first-order chi connectivity index (χ1) is 10.2. The summed E-state index contributed by atoms with van der Waals surface area (Å²) < 4.78 is 5.92. The van der Waals surface area contributed by atoms with E-state index in [-0.39, 0.29) is 5.84 Å². The second-order valence-corrected chi connectivity index (χ2v) is 5.88. The zero-order valence-electron chi connectivity index (χ0n) is 12.3. The van der Waals surface area contributed by atoms with Crippen molar-refractivity contribution in [1.82, 2.24) is 0 Å². The van der Waals surface area contributed by atoms with Gasteiger partial charge in [-0.25, -0.2) is 0 Å². The van der Waals surface area contributed by atoms with E-state index in [1.165, 1.54) is 5.56 Å². The number of aryl methyl sites for hydroxylation is 1. The molecule has 21 heavy (non-hydrogen) atoms. The molecule has 3 nitrogen and oxygen atoms in total. The van der Waals surface area contributed by atoms with Gasteiger partial charge in [-0.15, -0.1) is 11.8 Å². The van der Waals surface area contributed by atoms with Crippen LogP contribution in [0.15, 0.2) is 47.4 Å². The summed E-state index contributed by atoms with van der Waals surface area (Å²) in [6.07, 6.45) is 1.00. The minimum Gasteiger partial charge on any atom is -0.457 e. The molecule has 0 aliphatic rings. The molecule has 0 fully saturated rings. The maximum atomic E-state index is 7.81. The van der Waals surface area contributed by atoms with Crippen molar-refractivity contribution < 1.29 is 4.74 Å². The average molecular weight is 300 g/mol. The van der Waals surface area contributed by atoms with E-state index in [1.807, 2.05) is 42.5 Å². The third kappa shape index (κ3) is 3.79. The topological polar surface area (TPSA) is 59.1 Å². The van der Waals surface area contributed by atoms with E-state index in [0.717, 1.165) is 22.8 Å². The van der Waals surface area contributed by atoms with Crippen LogP contribution in [0.3, 0.4) is 0 Å². The fourth-order valence-corrected chi connectivity index (χ4v) is 2.90.